The lowest BCUT2D eigenvalue weighted by Gasteiger charge is -2.25. The second kappa shape index (κ2) is 9.56. The average molecular weight is 444 g/mol. The molecule has 1 saturated heterocycles. The van der Waals surface area contributed by atoms with Crippen molar-refractivity contribution in [2.24, 2.45) is 0 Å². The first-order valence-corrected chi connectivity index (χ1v) is 10.7. The van der Waals surface area contributed by atoms with E-state index in [0.717, 1.165) is 0 Å². The topological polar surface area (TPSA) is 89.0 Å². The van der Waals surface area contributed by atoms with Crippen molar-refractivity contribution >= 4 is 23.1 Å². The van der Waals surface area contributed by atoms with Crippen LogP contribution >= 0.6 is 0 Å². The van der Waals surface area contributed by atoms with Crippen LogP contribution in [-0.4, -0.2) is 35.0 Å². The molecular weight excluding hydrogens is 420 g/mol. The number of aliphatic hydroxyl groups is 1. The molecule has 0 saturated carbocycles. The molecule has 1 N–H and O–H groups in total. The molecule has 1 amide bonds. The van der Waals surface area contributed by atoms with Gasteiger partial charge in [0.05, 0.1) is 24.8 Å². The molecule has 0 spiro atoms. The zero-order valence-electron chi connectivity index (χ0n) is 18.4. The van der Waals surface area contributed by atoms with Crippen molar-refractivity contribution in [3.8, 4) is 11.5 Å². The van der Waals surface area contributed by atoms with E-state index in [1.54, 1.807) is 73.1 Å². The summed E-state index contributed by atoms with van der Waals surface area (Å²) >= 11 is 0. The summed E-state index contributed by atoms with van der Waals surface area (Å²) in [5.74, 6) is -0.521. The summed E-state index contributed by atoms with van der Waals surface area (Å²) in [5, 5.41) is 11.2. The van der Waals surface area contributed by atoms with Crippen LogP contribution in [0.5, 0.6) is 11.5 Å². The largest absolute Gasteiger partial charge is 0.507 e. The first kappa shape index (κ1) is 22.1. The third kappa shape index (κ3) is 4.30. The van der Waals surface area contributed by atoms with Crippen molar-refractivity contribution in [1.82, 2.24) is 4.98 Å². The minimum absolute atomic E-state index is 0.00809. The van der Waals surface area contributed by atoms with Gasteiger partial charge in [-0.3, -0.25) is 19.5 Å². The zero-order valence-corrected chi connectivity index (χ0v) is 18.4. The number of ether oxygens (including phenoxy) is 2. The highest BCUT2D eigenvalue weighted by atomic mass is 16.5. The van der Waals surface area contributed by atoms with Gasteiger partial charge in [0.2, 0.25) is 0 Å². The molecule has 33 heavy (non-hydrogen) atoms. The van der Waals surface area contributed by atoms with Gasteiger partial charge in [-0.05, 0) is 67.9 Å². The predicted octanol–water partition coefficient (Wildman–Crippen LogP) is 4.51. The third-order valence-electron chi connectivity index (χ3n) is 5.31. The maximum absolute atomic E-state index is 13.2. The molecule has 1 aliphatic rings. The van der Waals surface area contributed by atoms with Gasteiger partial charge in [-0.25, -0.2) is 0 Å². The summed E-state index contributed by atoms with van der Waals surface area (Å²) in [6.45, 7) is 4.72. The van der Waals surface area contributed by atoms with Crippen LogP contribution in [0.2, 0.25) is 0 Å². The van der Waals surface area contributed by atoms with E-state index >= 15 is 0 Å². The lowest BCUT2D eigenvalue weighted by atomic mass is 9.95. The van der Waals surface area contributed by atoms with E-state index in [4.69, 9.17) is 9.47 Å². The van der Waals surface area contributed by atoms with Crippen LogP contribution < -0.4 is 14.4 Å². The fraction of sp³-hybridized carbons (Fsp3) is 0.192. The maximum atomic E-state index is 13.2. The van der Waals surface area contributed by atoms with Gasteiger partial charge in [-0.15, -0.1) is 0 Å². The first-order chi connectivity index (χ1) is 16.0. The second-order valence-corrected chi connectivity index (χ2v) is 7.34. The number of pyridine rings is 1. The quantitative estimate of drug-likeness (QED) is 0.328. The van der Waals surface area contributed by atoms with Gasteiger partial charge in [-0.2, -0.15) is 0 Å². The van der Waals surface area contributed by atoms with Crippen LogP contribution in [0.15, 0.2) is 78.6 Å². The molecule has 4 rings (SSSR count). The van der Waals surface area contributed by atoms with Crippen molar-refractivity contribution < 1.29 is 24.2 Å². The number of carbonyl (C=O) groups excluding carboxylic acids is 2. The lowest BCUT2D eigenvalue weighted by molar-refractivity contribution is -0.132. The molecule has 0 bridgehead atoms. The zero-order chi connectivity index (χ0) is 23.4. The molecule has 2 heterocycles. The fourth-order valence-corrected chi connectivity index (χ4v) is 3.88. The molecule has 2 aromatic carbocycles. The highest BCUT2D eigenvalue weighted by molar-refractivity contribution is 6.51. The van der Waals surface area contributed by atoms with E-state index in [1.165, 1.54) is 4.90 Å². The normalized spacial score (nSPS) is 17.3. The van der Waals surface area contributed by atoms with Crippen LogP contribution in [0.4, 0.5) is 5.69 Å². The standard InChI is InChI=1S/C26H24N2O5/c1-3-32-20-10-8-19(9-11-20)28-23(17-12-14-27-15-13-17)22(25(30)26(28)31)24(29)18-6-5-7-21(16-18)33-4-2/h5-16,23,29H,3-4H2,1-2H3/b24-22-. The Morgan fingerprint density at radius 3 is 2.27 bits per heavy atom. The molecular formula is C26H24N2O5. The number of hydrogen-bond acceptors (Lipinski definition) is 6. The van der Waals surface area contributed by atoms with Crippen LogP contribution in [0.3, 0.4) is 0 Å². The summed E-state index contributed by atoms with van der Waals surface area (Å²) in [6, 6.07) is 16.4. The number of ketones is 1. The SMILES string of the molecule is CCOc1ccc(N2C(=O)C(=O)/C(=C(\O)c3cccc(OCC)c3)C2c2ccncc2)cc1. The molecule has 1 atom stereocenters. The summed E-state index contributed by atoms with van der Waals surface area (Å²) in [4.78, 5) is 31.8. The van der Waals surface area contributed by atoms with Crippen LogP contribution in [0, 0.1) is 0 Å². The van der Waals surface area contributed by atoms with Gasteiger partial charge in [0.25, 0.3) is 11.7 Å². The van der Waals surface area contributed by atoms with Gasteiger partial charge >= 0.3 is 0 Å². The number of aromatic nitrogens is 1. The molecule has 1 aromatic heterocycles. The Morgan fingerprint density at radius 2 is 1.61 bits per heavy atom. The molecule has 1 aliphatic heterocycles. The molecule has 7 heteroatoms. The fourth-order valence-electron chi connectivity index (χ4n) is 3.88. The average Bonchev–Trinajstić information content (AvgIpc) is 3.11. The Balaban J connectivity index is 1.86. The van der Waals surface area contributed by atoms with E-state index in [0.29, 0.717) is 41.5 Å². The summed E-state index contributed by atoms with van der Waals surface area (Å²) in [6.07, 6.45) is 3.17. The predicted molar refractivity (Wildman–Crippen MR) is 124 cm³/mol. The summed E-state index contributed by atoms with van der Waals surface area (Å²) in [5.41, 5.74) is 1.57. The van der Waals surface area contributed by atoms with E-state index in [9.17, 15) is 14.7 Å². The second-order valence-electron chi connectivity index (χ2n) is 7.34. The summed E-state index contributed by atoms with van der Waals surface area (Å²) < 4.78 is 11.0. The van der Waals surface area contributed by atoms with Crippen molar-refractivity contribution in [3.05, 3.63) is 89.8 Å². The van der Waals surface area contributed by atoms with Gasteiger partial charge < -0.3 is 14.6 Å². The van der Waals surface area contributed by atoms with Gasteiger partial charge in [-0.1, -0.05) is 12.1 Å². The number of rotatable bonds is 7. The van der Waals surface area contributed by atoms with Gasteiger partial charge in [0.1, 0.15) is 17.3 Å². The molecule has 1 unspecified atom stereocenters. The number of nitrogens with zero attached hydrogens (tertiary/aromatic N) is 2. The summed E-state index contributed by atoms with van der Waals surface area (Å²) in [7, 11) is 0. The highest BCUT2D eigenvalue weighted by Gasteiger charge is 2.47. The number of amides is 1. The number of anilines is 1. The Morgan fingerprint density at radius 1 is 0.939 bits per heavy atom. The molecule has 0 radical (unpaired) electrons. The molecule has 168 valence electrons. The number of aliphatic hydroxyl groups excluding tert-OH is 1. The molecule has 3 aromatic rings. The third-order valence-corrected chi connectivity index (χ3v) is 5.31. The Hall–Kier alpha value is -4.13. The van der Waals surface area contributed by atoms with Crippen molar-refractivity contribution in [1.29, 1.82) is 0 Å². The first-order valence-electron chi connectivity index (χ1n) is 10.7. The lowest BCUT2D eigenvalue weighted by Crippen LogP contribution is -2.29. The maximum Gasteiger partial charge on any atom is 0.300 e. The van der Waals surface area contributed by atoms with E-state index in [1.807, 2.05) is 13.8 Å². The van der Waals surface area contributed by atoms with Gasteiger partial charge in [0.15, 0.2) is 0 Å². The number of hydrogen-bond donors (Lipinski definition) is 1. The van der Waals surface area contributed by atoms with E-state index in [-0.39, 0.29) is 11.3 Å². The monoisotopic (exact) mass is 444 g/mol. The number of benzene rings is 2. The smallest absolute Gasteiger partial charge is 0.300 e. The Labute approximate surface area is 191 Å². The minimum Gasteiger partial charge on any atom is -0.507 e. The number of carbonyl (C=O) groups is 2. The Bertz CT molecular complexity index is 1190. The van der Waals surface area contributed by atoms with Crippen molar-refractivity contribution in [3.63, 3.8) is 0 Å². The Kier molecular flexibility index (Phi) is 6.40. The van der Waals surface area contributed by atoms with Crippen LogP contribution in [0.1, 0.15) is 31.0 Å². The highest BCUT2D eigenvalue weighted by Crippen LogP contribution is 2.42. The minimum atomic E-state index is -0.818. The van der Waals surface area contributed by atoms with Gasteiger partial charge in [0, 0.05) is 23.6 Å². The molecule has 7 nitrogen and oxygen atoms in total. The van der Waals surface area contributed by atoms with E-state index < -0.39 is 17.7 Å². The number of Topliss-reactive ketones (excluding diaryl/α,β-unsaturated/α-hetero) is 1. The van der Waals surface area contributed by atoms with Crippen LogP contribution in [-0.2, 0) is 9.59 Å². The van der Waals surface area contributed by atoms with Crippen LogP contribution in [0.25, 0.3) is 5.76 Å². The van der Waals surface area contributed by atoms with Crippen molar-refractivity contribution in [2.75, 3.05) is 18.1 Å². The molecule has 0 aliphatic carbocycles. The molecule has 1 fully saturated rings. The van der Waals surface area contributed by atoms with Crippen molar-refractivity contribution in [2.45, 2.75) is 19.9 Å². The van der Waals surface area contributed by atoms with E-state index in [2.05, 4.69) is 4.98 Å².